The van der Waals surface area contributed by atoms with Crippen molar-refractivity contribution in [2.24, 2.45) is 0 Å². The molecule has 0 aromatic heterocycles. The van der Waals surface area contributed by atoms with E-state index in [1.807, 2.05) is 21.1 Å². The average Bonchev–Trinajstić information content (AvgIpc) is 3.02. The minimum atomic E-state index is -4.41. The van der Waals surface area contributed by atoms with Gasteiger partial charge in [-0.25, -0.2) is 4.57 Å². The van der Waals surface area contributed by atoms with E-state index in [0.717, 1.165) is 32.1 Å². The number of aliphatic hydroxyl groups excluding tert-OH is 2. The number of nitrogens with zero attached hydrogens (tertiary/aromatic N) is 1. The molecule has 0 aliphatic rings. The Kier molecular flexibility index (Phi) is 30.5. The number of hydrogen-bond acceptors (Lipinski definition) is 6. The zero-order valence-corrected chi connectivity index (χ0v) is 32.7. The van der Waals surface area contributed by atoms with Crippen molar-refractivity contribution in [1.82, 2.24) is 5.32 Å². The van der Waals surface area contributed by atoms with Gasteiger partial charge in [0.05, 0.1) is 39.9 Å². The molecule has 0 saturated heterocycles. The largest absolute Gasteiger partial charge is 0.472 e. The minimum absolute atomic E-state index is 0.0188. The number of nitrogens with one attached hydrogen (secondary N) is 1. The van der Waals surface area contributed by atoms with Gasteiger partial charge >= 0.3 is 7.82 Å². The molecular formula is C38H78N2O7P+. The molecule has 0 aliphatic heterocycles. The van der Waals surface area contributed by atoms with Gasteiger partial charge in [0, 0.05) is 6.42 Å². The number of carbonyl (C=O) groups excluding carboxylic acids is 1. The van der Waals surface area contributed by atoms with Crippen LogP contribution in [-0.2, 0) is 18.4 Å². The van der Waals surface area contributed by atoms with Crippen LogP contribution in [0.15, 0.2) is 12.2 Å². The predicted molar refractivity (Wildman–Crippen MR) is 200 cm³/mol. The number of likely N-dealkylation sites (N-methyl/N-ethyl adjacent to an activating group) is 1. The van der Waals surface area contributed by atoms with Crippen molar-refractivity contribution < 1.29 is 38.0 Å². The Morgan fingerprint density at radius 1 is 0.708 bits per heavy atom. The van der Waals surface area contributed by atoms with Crippen molar-refractivity contribution in [1.29, 1.82) is 0 Å². The van der Waals surface area contributed by atoms with Crippen molar-refractivity contribution in [3.8, 4) is 0 Å². The molecule has 1 amide bonds. The number of aliphatic hydroxyl groups is 2. The number of carbonyl (C=O) groups is 1. The lowest BCUT2D eigenvalue weighted by atomic mass is 10.0. The van der Waals surface area contributed by atoms with Gasteiger partial charge in [0.25, 0.3) is 0 Å². The summed E-state index contributed by atoms with van der Waals surface area (Å²) < 4.78 is 23.4. The molecule has 0 heterocycles. The van der Waals surface area contributed by atoms with Crippen molar-refractivity contribution in [2.45, 2.75) is 186 Å². The van der Waals surface area contributed by atoms with E-state index in [0.29, 0.717) is 23.9 Å². The highest BCUT2D eigenvalue weighted by molar-refractivity contribution is 7.47. The first-order valence-electron chi connectivity index (χ1n) is 19.6. The van der Waals surface area contributed by atoms with Gasteiger partial charge < -0.3 is 24.9 Å². The molecule has 0 saturated carbocycles. The molecule has 0 aromatic carbocycles. The van der Waals surface area contributed by atoms with Crippen LogP contribution >= 0.6 is 7.82 Å². The lowest BCUT2D eigenvalue weighted by Gasteiger charge is -2.28. The summed E-state index contributed by atoms with van der Waals surface area (Å²) >= 11 is 0. The molecule has 0 aliphatic carbocycles. The molecule has 0 spiro atoms. The van der Waals surface area contributed by atoms with Gasteiger partial charge in [0.2, 0.25) is 5.91 Å². The summed E-state index contributed by atoms with van der Waals surface area (Å²) in [6.45, 7) is 4.55. The van der Waals surface area contributed by atoms with E-state index in [4.69, 9.17) is 9.05 Å². The second-order valence-electron chi connectivity index (χ2n) is 14.8. The van der Waals surface area contributed by atoms with E-state index in [9.17, 15) is 24.5 Å². The number of hydrogen-bond donors (Lipinski definition) is 4. The summed E-state index contributed by atoms with van der Waals surface area (Å²) in [6, 6.07) is -1.04. The van der Waals surface area contributed by atoms with Gasteiger partial charge in [-0.1, -0.05) is 135 Å². The third-order valence-corrected chi connectivity index (χ3v) is 9.84. The van der Waals surface area contributed by atoms with Crippen LogP contribution in [0.4, 0.5) is 0 Å². The van der Waals surface area contributed by atoms with Gasteiger partial charge in [-0.3, -0.25) is 13.8 Å². The van der Waals surface area contributed by atoms with Crippen LogP contribution in [-0.4, -0.2) is 84.6 Å². The standard InChI is InChI=1S/C38H77N2O7P/c1-6-8-10-12-14-16-18-20-22-24-26-28-30-36(41)38(43)35(34-47-48(44,45)46-33-32-40(3,4)5)39-37(42)31-29-27-25-23-21-19-17-15-13-11-9-7-2/h22,24,35-36,38,41,43H,6-21,23,25-34H2,1-5H3,(H-,39,42,44,45)/p+1/b24-22+. The highest BCUT2D eigenvalue weighted by atomic mass is 31.2. The Hall–Kier alpha value is -0.800. The molecule has 0 radical (unpaired) electrons. The third-order valence-electron chi connectivity index (χ3n) is 8.86. The Labute approximate surface area is 295 Å². The lowest BCUT2D eigenvalue weighted by molar-refractivity contribution is -0.870. The highest BCUT2D eigenvalue weighted by Crippen LogP contribution is 2.43. The first kappa shape index (κ1) is 47.2. The first-order chi connectivity index (χ1) is 22.9. The van der Waals surface area contributed by atoms with E-state index in [1.165, 1.54) is 103 Å². The highest BCUT2D eigenvalue weighted by Gasteiger charge is 2.31. The maximum atomic E-state index is 12.8. The fourth-order valence-electron chi connectivity index (χ4n) is 5.61. The minimum Gasteiger partial charge on any atom is -0.390 e. The molecular weight excluding hydrogens is 627 g/mol. The summed E-state index contributed by atoms with van der Waals surface area (Å²) in [5.41, 5.74) is 0. The first-order valence-corrected chi connectivity index (χ1v) is 21.1. The molecule has 9 nitrogen and oxygen atoms in total. The Morgan fingerprint density at radius 2 is 1.17 bits per heavy atom. The summed E-state index contributed by atoms with van der Waals surface area (Å²) in [7, 11) is 1.42. The summed E-state index contributed by atoms with van der Waals surface area (Å²) in [4.78, 5) is 23.0. The molecule has 0 rings (SSSR count). The van der Waals surface area contributed by atoms with Gasteiger partial charge in [-0.2, -0.15) is 0 Å². The molecule has 4 unspecified atom stereocenters. The van der Waals surface area contributed by atoms with Crippen LogP contribution < -0.4 is 5.32 Å². The van der Waals surface area contributed by atoms with E-state index < -0.39 is 32.7 Å². The van der Waals surface area contributed by atoms with Crippen molar-refractivity contribution in [3.63, 3.8) is 0 Å². The number of phosphoric acid groups is 1. The van der Waals surface area contributed by atoms with E-state index in [2.05, 4.69) is 31.3 Å². The Balaban J connectivity index is 4.65. The smallest absolute Gasteiger partial charge is 0.390 e. The molecule has 0 bridgehead atoms. The maximum Gasteiger partial charge on any atom is 0.472 e. The normalized spacial score (nSPS) is 15.4. The van der Waals surface area contributed by atoms with Crippen LogP contribution in [0.5, 0.6) is 0 Å². The topological polar surface area (TPSA) is 125 Å². The van der Waals surface area contributed by atoms with Gasteiger partial charge in [0.15, 0.2) is 0 Å². The second kappa shape index (κ2) is 31.0. The van der Waals surface area contributed by atoms with Crippen LogP contribution in [0.1, 0.15) is 168 Å². The van der Waals surface area contributed by atoms with E-state index >= 15 is 0 Å². The molecule has 286 valence electrons. The van der Waals surface area contributed by atoms with E-state index in [1.54, 1.807) is 0 Å². The maximum absolute atomic E-state index is 12.8. The van der Waals surface area contributed by atoms with Crippen molar-refractivity contribution in [2.75, 3.05) is 40.9 Å². The predicted octanol–water partition coefficient (Wildman–Crippen LogP) is 8.99. The summed E-state index contributed by atoms with van der Waals surface area (Å²) in [6.07, 6.45) is 28.4. The van der Waals surface area contributed by atoms with Crippen molar-refractivity contribution in [3.05, 3.63) is 12.2 Å². The molecule has 0 fully saturated rings. The quantitative estimate of drug-likeness (QED) is 0.0225. The zero-order chi connectivity index (χ0) is 35.9. The molecule has 4 atom stereocenters. The Bertz CT molecular complexity index is 821. The monoisotopic (exact) mass is 706 g/mol. The molecule has 48 heavy (non-hydrogen) atoms. The summed E-state index contributed by atoms with van der Waals surface area (Å²) in [5.74, 6) is -0.269. The average molecular weight is 706 g/mol. The number of quaternary nitrogens is 1. The van der Waals surface area contributed by atoms with Crippen LogP contribution in [0.2, 0.25) is 0 Å². The fourth-order valence-corrected chi connectivity index (χ4v) is 6.35. The van der Waals surface area contributed by atoms with Gasteiger partial charge in [-0.15, -0.1) is 0 Å². The number of amides is 1. The number of phosphoric ester groups is 1. The van der Waals surface area contributed by atoms with Gasteiger partial charge in [-0.05, 0) is 38.5 Å². The van der Waals surface area contributed by atoms with Gasteiger partial charge in [0.1, 0.15) is 19.3 Å². The number of rotatable bonds is 35. The molecule has 10 heteroatoms. The van der Waals surface area contributed by atoms with Crippen LogP contribution in [0.3, 0.4) is 0 Å². The van der Waals surface area contributed by atoms with E-state index in [-0.39, 0.29) is 18.9 Å². The Morgan fingerprint density at radius 3 is 1.67 bits per heavy atom. The van der Waals surface area contributed by atoms with Crippen LogP contribution in [0.25, 0.3) is 0 Å². The number of unbranched alkanes of at least 4 members (excludes halogenated alkanes) is 19. The third kappa shape index (κ3) is 31.2. The van der Waals surface area contributed by atoms with Crippen LogP contribution in [0, 0.1) is 0 Å². The zero-order valence-electron chi connectivity index (χ0n) is 31.8. The SMILES string of the molecule is CCCCCCCCC/C=C/CCCC(O)C(O)C(COP(=O)(O)OCC[N+](C)(C)C)NC(=O)CCCCCCCCCCCCCC. The number of allylic oxidation sites excluding steroid dienone is 2. The lowest BCUT2D eigenvalue weighted by Crippen LogP contribution is -2.51. The van der Waals surface area contributed by atoms with Crippen molar-refractivity contribution >= 4 is 13.7 Å². The second-order valence-corrected chi connectivity index (χ2v) is 16.2. The fraction of sp³-hybridized carbons (Fsp3) is 0.921. The molecule has 0 aromatic rings. The molecule has 4 N–H and O–H groups in total. The summed E-state index contributed by atoms with van der Waals surface area (Å²) in [5, 5.41) is 24.5.